The average Bonchev–Trinajstić information content (AvgIpc) is 2.30. The summed E-state index contributed by atoms with van der Waals surface area (Å²) in [5, 5.41) is 0. The first-order valence-corrected chi connectivity index (χ1v) is 6.60. The van der Waals surface area contributed by atoms with Gasteiger partial charge in [-0.1, -0.05) is 24.6 Å². The number of hydrogen-bond donors (Lipinski definition) is 0. The van der Waals surface area contributed by atoms with Crippen LogP contribution in [-0.2, 0) is 0 Å². The number of nitrogens with zero attached hydrogens (tertiary/aromatic N) is 2. The van der Waals surface area contributed by atoms with Gasteiger partial charge < -0.3 is 0 Å². The van der Waals surface area contributed by atoms with Crippen LogP contribution in [0, 0.1) is 20.8 Å². The van der Waals surface area contributed by atoms with Crippen LogP contribution in [0.2, 0.25) is 0 Å². The molecule has 0 aliphatic carbocycles. The zero-order chi connectivity index (χ0) is 13.7. The van der Waals surface area contributed by atoms with Crippen molar-refractivity contribution in [1.82, 2.24) is 0 Å². The molecule has 0 aliphatic heterocycles. The van der Waals surface area contributed by atoms with E-state index in [1.54, 1.807) is 0 Å². The van der Waals surface area contributed by atoms with E-state index >= 15 is 0 Å². The van der Waals surface area contributed by atoms with Crippen LogP contribution in [0.15, 0.2) is 22.1 Å². The summed E-state index contributed by atoms with van der Waals surface area (Å²) in [6.45, 7) is 13.4. The molecular formula is C16H24N2. The van der Waals surface area contributed by atoms with E-state index in [-0.39, 0.29) is 0 Å². The van der Waals surface area contributed by atoms with Crippen LogP contribution in [0.5, 0.6) is 0 Å². The number of hydrogen-bond acceptors (Lipinski definition) is 2. The van der Waals surface area contributed by atoms with E-state index in [0.29, 0.717) is 0 Å². The van der Waals surface area contributed by atoms with Crippen LogP contribution in [-0.4, -0.2) is 18.0 Å². The normalized spacial score (nSPS) is 13.0. The lowest BCUT2D eigenvalue weighted by Crippen LogP contribution is -2.06. The van der Waals surface area contributed by atoms with Gasteiger partial charge in [0, 0.05) is 6.54 Å². The lowest BCUT2D eigenvalue weighted by molar-refractivity contribution is 0.933. The van der Waals surface area contributed by atoms with Crippen molar-refractivity contribution in [3.63, 3.8) is 0 Å². The Balaban J connectivity index is 3.09. The highest BCUT2D eigenvalue weighted by molar-refractivity contribution is 6.41. The smallest absolute Gasteiger partial charge is 0.0692 e. The van der Waals surface area contributed by atoms with E-state index in [9.17, 15) is 0 Å². The lowest BCUT2D eigenvalue weighted by Gasteiger charge is -2.08. The van der Waals surface area contributed by atoms with Crippen LogP contribution in [0.25, 0.3) is 0 Å². The summed E-state index contributed by atoms with van der Waals surface area (Å²) in [4.78, 5) is 9.24. The topological polar surface area (TPSA) is 24.7 Å². The molecule has 2 nitrogen and oxygen atoms in total. The largest absolute Gasteiger partial charge is 0.288 e. The molecule has 0 N–H and O–H groups in total. The molecule has 18 heavy (non-hydrogen) atoms. The molecule has 98 valence electrons. The fourth-order valence-electron chi connectivity index (χ4n) is 1.99. The van der Waals surface area contributed by atoms with Gasteiger partial charge >= 0.3 is 0 Å². The maximum atomic E-state index is 4.74. The van der Waals surface area contributed by atoms with E-state index in [0.717, 1.165) is 30.1 Å². The predicted octanol–water partition coefficient (Wildman–Crippen LogP) is 4.58. The Morgan fingerprint density at radius 3 is 2.06 bits per heavy atom. The van der Waals surface area contributed by atoms with Gasteiger partial charge in [-0.25, -0.2) is 0 Å². The summed E-state index contributed by atoms with van der Waals surface area (Å²) in [6.07, 6.45) is 1.08. The second kappa shape index (κ2) is 6.48. The second-order valence-electron chi connectivity index (χ2n) is 4.91. The van der Waals surface area contributed by atoms with E-state index in [2.05, 4.69) is 44.8 Å². The Morgan fingerprint density at radius 1 is 1.00 bits per heavy atom. The summed E-state index contributed by atoms with van der Waals surface area (Å²) in [7, 11) is 0. The van der Waals surface area contributed by atoms with Crippen LogP contribution < -0.4 is 0 Å². The Hall–Kier alpha value is -1.44. The molecule has 2 heteroatoms. The Labute approximate surface area is 111 Å². The Bertz CT molecular complexity index is 459. The molecule has 0 aliphatic rings. The van der Waals surface area contributed by atoms with E-state index in [4.69, 9.17) is 4.99 Å². The van der Waals surface area contributed by atoms with E-state index in [1.165, 1.54) is 16.7 Å². The zero-order valence-corrected chi connectivity index (χ0v) is 12.5. The molecule has 1 aromatic carbocycles. The van der Waals surface area contributed by atoms with Crippen molar-refractivity contribution in [3.8, 4) is 0 Å². The highest BCUT2D eigenvalue weighted by Crippen LogP contribution is 2.25. The predicted molar refractivity (Wildman–Crippen MR) is 81.7 cm³/mol. The maximum Gasteiger partial charge on any atom is 0.0692 e. The van der Waals surface area contributed by atoms with Crippen molar-refractivity contribution in [1.29, 1.82) is 0 Å². The van der Waals surface area contributed by atoms with Gasteiger partial charge in [-0.05, 0) is 52.2 Å². The molecule has 0 saturated heterocycles. The summed E-state index contributed by atoms with van der Waals surface area (Å²) >= 11 is 0. The molecule has 0 radical (unpaired) electrons. The number of benzene rings is 1. The highest BCUT2D eigenvalue weighted by Gasteiger charge is 2.04. The van der Waals surface area contributed by atoms with E-state index in [1.807, 2.05) is 13.8 Å². The molecule has 1 aromatic rings. The minimum Gasteiger partial charge on any atom is -0.288 e. The molecule has 0 heterocycles. The van der Waals surface area contributed by atoms with Gasteiger partial charge in [-0.15, -0.1) is 0 Å². The fraction of sp³-hybridized carbons (Fsp3) is 0.500. The van der Waals surface area contributed by atoms with Gasteiger partial charge in [0.05, 0.1) is 17.1 Å². The molecule has 0 amide bonds. The second-order valence-corrected chi connectivity index (χ2v) is 4.91. The van der Waals surface area contributed by atoms with Crippen LogP contribution in [0.3, 0.4) is 0 Å². The summed E-state index contributed by atoms with van der Waals surface area (Å²) in [5.74, 6) is 0. The molecule has 0 aromatic heterocycles. The van der Waals surface area contributed by atoms with Crippen LogP contribution in [0.4, 0.5) is 5.69 Å². The van der Waals surface area contributed by atoms with Gasteiger partial charge in [0.1, 0.15) is 0 Å². The summed E-state index contributed by atoms with van der Waals surface area (Å²) in [6, 6.07) is 4.36. The van der Waals surface area contributed by atoms with Gasteiger partial charge in [0.2, 0.25) is 0 Å². The third kappa shape index (κ3) is 3.80. The highest BCUT2D eigenvalue weighted by atomic mass is 14.8. The van der Waals surface area contributed by atoms with Crippen molar-refractivity contribution in [2.24, 2.45) is 9.98 Å². The Kier molecular flexibility index (Phi) is 5.26. The molecule has 0 unspecified atom stereocenters. The van der Waals surface area contributed by atoms with Crippen molar-refractivity contribution in [3.05, 3.63) is 28.8 Å². The van der Waals surface area contributed by atoms with Crippen LogP contribution in [0.1, 0.15) is 43.9 Å². The first-order valence-electron chi connectivity index (χ1n) is 6.60. The average molecular weight is 244 g/mol. The number of aliphatic imine (C=N–C) groups is 2. The Morgan fingerprint density at radius 2 is 1.56 bits per heavy atom. The fourth-order valence-corrected chi connectivity index (χ4v) is 1.99. The van der Waals surface area contributed by atoms with Crippen molar-refractivity contribution in [2.45, 2.75) is 48.0 Å². The first kappa shape index (κ1) is 14.6. The lowest BCUT2D eigenvalue weighted by atomic mass is 10.1. The van der Waals surface area contributed by atoms with Gasteiger partial charge in [-0.3, -0.25) is 9.98 Å². The molecule has 0 fully saturated rings. The standard InChI is InChI=1S/C16H24N2/c1-7-8-17-14(5)15(6)18-16-12(3)9-11(2)10-13(16)4/h9-10H,7-8H2,1-6H3. The molecule has 1 rings (SSSR count). The van der Waals surface area contributed by atoms with Crippen LogP contribution >= 0.6 is 0 Å². The first-order chi connectivity index (χ1) is 8.45. The maximum absolute atomic E-state index is 4.74. The molecular weight excluding hydrogens is 220 g/mol. The third-order valence-electron chi connectivity index (χ3n) is 3.01. The molecule has 0 bridgehead atoms. The minimum absolute atomic E-state index is 0.880. The zero-order valence-electron chi connectivity index (χ0n) is 12.5. The van der Waals surface area contributed by atoms with E-state index < -0.39 is 0 Å². The summed E-state index contributed by atoms with van der Waals surface area (Å²) < 4.78 is 0. The van der Waals surface area contributed by atoms with Gasteiger partial charge in [0.15, 0.2) is 0 Å². The number of rotatable bonds is 4. The SMILES string of the molecule is CCCN=C(C)C(C)=Nc1c(C)cc(C)cc1C. The van der Waals surface area contributed by atoms with Crippen molar-refractivity contribution in [2.75, 3.05) is 6.54 Å². The molecule has 0 saturated carbocycles. The van der Waals surface area contributed by atoms with Gasteiger partial charge in [0.25, 0.3) is 0 Å². The number of aryl methyl sites for hydroxylation is 3. The third-order valence-corrected chi connectivity index (χ3v) is 3.01. The monoisotopic (exact) mass is 244 g/mol. The minimum atomic E-state index is 0.880. The molecule has 0 spiro atoms. The van der Waals surface area contributed by atoms with Gasteiger partial charge in [-0.2, -0.15) is 0 Å². The van der Waals surface area contributed by atoms with Crippen molar-refractivity contribution >= 4 is 17.1 Å². The van der Waals surface area contributed by atoms with Crippen molar-refractivity contribution < 1.29 is 0 Å². The summed E-state index contributed by atoms with van der Waals surface area (Å²) in [5.41, 5.74) is 6.89. The molecule has 0 atom stereocenters. The quantitative estimate of drug-likeness (QED) is 0.693.